The number of ether oxygens (including phenoxy) is 1. The third kappa shape index (κ3) is 8.39. The van der Waals surface area contributed by atoms with Gasteiger partial charge in [-0.2, -0.15) is 11.8 Å². The number of rotatable bonds is 8. The van der Waals surface area contributed by atoms with Crippen LogP contribution in [0.5, 0.6) is 5.75 Å². The van der Waals surface area contributed by atoms with Crippen molar-refractivity contribution in [3.05, 3.63) is 42.5 Å². The number of nitrogens with zero attached hydrogens (tertiary/aromatic N) is 1. The minimum Gasteiger partial charge on any atom is -0.405 e. The fraction of sp³-hybridized carbons (Fsp3) is 0.400. The molecule has 0 unspecified atom stereocenters. The molecule has 0 aromatic heterocycles. The summed E-state index contributed by atoms with van der Waals surface area (Å²) in [6.07, 6.45) is -2.88. The molecule has 1 aromatic carbocycles. The number of hydrogen-bond donors (Lipinski definition) is 2. The number of halogens is 3. The number of benzene rings is 1. The average Bonchev–Trinajstić information content (AvgIpc) is 2.50. The van der Waals surface area contributed by atoms with Crippen LogP contribution in [0.3, 0.4) is 0 Å². The molecule has 0 amide bonds. The maximum atomic E-state index is 12.4. The Bertz CT molecular complexity index is 521. The first-order chi connectivity index (χ1) is 11.0. The first-order valence-electron chi connectivity index (χ1n) is 6.93. The fourth-order valence-electron chi connectivity index (χ4n) is 1.68. The summed E-state index contributed by atoms with van der Waals surface area (Å²) in [6.45, 7) is 4.50. The summed E-state index contributed by atoms with van der Waals surface area (Å²) in [6, 6.07) is 6.00. The van der Waals surface area contributed by atoms with Gasteiger partial charge in [-0.15, -0.1) is 19.8 Å². The molecule has 0 atom stereocenters. The first kappa shape index (κ1) is 19.2. The number of alkyl halides is 3. The maximum Gasteiger partial charge on any atom is 0.573 e. The number of nitrogens with one attached hydrogen (secondary N) is 2. The van der Waals surface area contributed by atoms with Gasteiger partial charge in [0.05, 0.1) is 0 Å². The second-order valence-electron chi connectivity index (χ2n) is 4.37. The van der Waals surface area contributed by atoms with Crippen molar-refractivity contribution in [3.8, 4) is 5.75 Å². The molecule has 1 aromatic rings. The maximum absolute atomic E-state index is 12.4. The number of thioether (sulfide) groups is 1. The number of para-hydroxylation sites is 1. The molecule has 128 valence electrons. The van der Waals surface area contributed by atoms with Crippen LogP contribution in [0.25, 0.3) is 0 Å². The molecule has 23 heavy (non-hydrogen) atoms. The Morgan fingerprint density at radius 1 is 1.35 bits per heavy atom. The van der Waals surface area contributed by atoms with Crippen LogP contribution in [0.15, 0.2) is 41.9 Å². The summed E-state index contributed by atoms with van der Waals surface area (Å²) in [4.78, 5) is 4.03. The van der Waals surface area contributed by atoms with Crippen LogP contribution in [0.4, 0.5) is 13.2 Å². The molecule has 2 N–H and O–H groups in total. The molecule has 4 nitrogen and oxygen atoms in total. The molecular formula is C15H20F3N3OS. The van der Waals surface area contributed by atoms with Gasteiger partial charge in [0.25, 0.3) is 0 Å². The lowest BCUT2D eigenvalue weighted by atomic mass is 10.2. The van der Waals surface area contributed by atoms with E-state index in [4.69, 9.17) is 0 Å². The van der Waals surface area contributed by atoms with E-state index in [-0.39, 0.29) is 12.3 Å². The molecule has 0 fully saturated rings. The van der Waals surface area contributed by atoms with Crippen LogP contribution in [-0.4, -0.2) is 37.4 Å². The van der Waals surface area contributed by atoms with Crippen molar-refractivity contribution in [3.63, 3.8) is 0 Å². The Labute approximate surface area is 138 Å². The molecule has 0 saturated carbocycles. The minimum absolute atomic E-state index is 0.172. The van der Waals surface area contributed by atoms with E-state index < -0.39 is 6.36 Å². The molecule has 8 heteroatoms. The van der Waals surface area contributed by atoms with Gasteiger partial charge in [0, 0.05) is 37.2 Å². The molecule has 0 aliphatic carbocycles. The molecular weight excluding hydrogens is 327 g/mol. The third-order valence-corrected chi connectivity index (χ3v) is 3.61. The van der Waals surface area contributed by atoms with Crippen LogP contribution in [-0.2, 0) is 6.54 Å². The Balaban J connectivity index is 2.51. The smallest absolute Gasteiger partial charge is 0.405 e. The van der Waals surface area contributed by atoms with Crippen LogP contribution >= 0.6 is 11.8 Å². The molecule has 0 heterocycles. The second-order valence-corrected chi connectivity index (χ2v) is 5.52. The zero-order valence-electron chi connectivity index (χ0n) is 12.8. The zero-order valence-corrected chi connectivity index (χ0v) is 13.6. The lowest BCUT2D eigenvalue weighted by Gasteiger charge is -2.15. The Morgan fingerprint density at radius 3 is 2.74 bits per heavy atom. The lowest BCUT2D eigenvalue weighted by Crippen LogP contribution is -2.38. The highest BCUT2D eigenvalue weighted by Gasteiger charge is 2.31. The third-order valence-electron chi connectivity index (χ3n) is 2.64. The summed E-state index contributed by atoms with van der Waals surface area (Å²) >= 11 is 1.72. The van der Waals surface area contributed by atoms with Gasteiger partial charge in [0.2, 0.25) is 0 Å². The van der Waals surface area contributed by atoms with E-state index in [0.717, 1.165) is 11.5 Å². The predicted molar refractivity (Wildman–Crippen MR) is 88.8 cm³/mol. The number of hydrogen-bond acceptors (Lipinski definition) is 3. The quantitative estimate of drug-likeness (QED) is 0.328. The monoisotopic (exact) mass is 347 g/mol. The van der Waals surface area contributed by atoms with Gasteiger partial charge in [-0.1, -0.05) is 24.3 Å². The van der Waals surface area contributed by atoms with E-state index in [1.54, 1.807) is 30.9 Å². The SMILES string of the molecule is C=CCSCCNC(=NC)NCc1ccccc1OC(F)(F)F. The fourth-order valence-corrected chi connectivity index (χ4v) is 2.26. The Morgan fingerprint density at radius 2 is 2.09 bits per heavy atom. The molecule has 0 bridgehead atoms. The zero-order chi connectivity index (χ0) is 17.1. The minimum atomic E-state index is -4.71. The van der Waals surface area contributed by atoms with E-state index in [9.17, 15) is 13.2 Å². The van der Waals surface area contributed by atoms with Crippen LogP contribution in [0, 0.1) is 0 Å². The highest BCUT2D eigenvalue weighted by Crippen LogP contribution is 2.25. The molecule has 0 saturated heterocycles. The van der Waals surface area contributed by atoms with E-state index in [0.29, 0.717) is 18.1 Å². The van der Waals surface area contributed by atoms with Gasteiger partial charge in [0.15, 0.2) is 5.96 Å². The highest BCUT2D eigenvalue weighted by atomic mass is 32.2. The van der Waals surface area contributed by atoms with E-state index in [1.165, 1.54) is 12.1 Å². The summed E-state index contributed by atoms with van der Waals surface area (Å²) in [7, 11) is 1.60. The van der Waals surface area contributed by atoms with Crippen molar-refractivity contribution >= 4 is 17.7 Å². The van der Waals surface area contributed by atoms with E-state index >= 15 is 0 Å². The van der Waals surface area contributed by atoms with Crippen molar-refractivity contribution < 1.29 is 17.9 Å². The van der Waals surface area contributed by atoms with Crippen LogP contribution < -0.4 is 15.4 Å². The standard InChI is InChI=1S/C15H20F3N3OS/c1-3-9-23-10-8-20-14(19-2)21-11-12-6-4-5-7-13(12)22-15(16,17)18/h3-7H,1,8-11H2,2H3,(H2,19,20,21). The number of aliphatic imine (C=N–C) groups is 1. The van der Waals surface area contributed by atoms with E-state index in [1.807, 2.05) is 6.08 Å². The summed E-state index contributed by atoms with van der Waals surface area (Å²) in [5.74, 6) is 2.05. The van der Waals surface area contributed by atoms with Crippen molar-refractivity contribution in [2.75, 3.05) is 25.1 Å². The second kappa shape index (κ2) is 10.0. The molecule has 1 rings (SSSR count). The topological polar surface area (TPSA) is 45.7 Å². The van der Waals surface area contributed by atoms with Crippen molar-refractivity contribution in [1.82, 2.24) is 10.6 Å². The van der Waals surface area contributed by atoms with Gasteiger partial charge in [-0.3, -0.25) is 4.99 Å². The Kier molecular flexibility index (Phi) is 8.39. The van der Waals surface area contributed by atoms with Crippen LogP contribution in [0.2, 0.25) is 0 Å². The van der Waals surface area contributed by atoms with E-state index in [2.05, 4.69) is 26.9 Å². The normalized spacial score (nSPS) is 11.9. The van der Waals surface area contributed by atoms with Gasteiger partial charge in [-0.05, 0) is 6.07 Å². The summed E-state index contributed by atoms with van der Waals surface area (Å²) in [5.41, 5.74) is 0.397. The van der Waals surface area contributed by atoms with Gasteiger partial charge in [-0.25, -0.2) is 0 Å². The highest BCUT2D eigenvalue weighted by molar-refractivity contribution is 7.99. The first-order valence-corrected chi connectivity index (χ1v) is 8.08. The molecule has 0 radical (unpaired) electrons. The van der Waals surface area contributed by atoms with Gasteiger partial charge >= 0.3 is 6.36 Å². The number of guanidine groups is 1. The van der Waals surface area contributed by atoms with Crippen LogP contribution in [0.1, 0.15) is 5.56 Å². The molecule has 0 spiro atoms. The largest absolute Gasteiger partial charge is 0.573 e. The van der Waals surface area contributed by atoms with Gasteiger partial charge < -0.3 is 15.4 Å². The summed E-state index contributed by atoms with van der Waals surface area (Å²) < 4.78 is 41.1. The molecule has 0 aliphatic heterocycles. The van der Waals surface area contributed by atoms with Crippen molar-refractivity contribution in [2.24, 2.45) is 4.99 Å². The summed E-state index contributed by atoms with van der Waals surface area (Å²) in [5, 5.41) is 6.05. The average molecular weight is 347 g/mol. The molecule has 0 aliphatic rings. The van der Waals surface area contributed by atoms with Gasteiger partial charge in [0.1, 0.15) is 5.75 Å². The van der Waals surface area contributed by atoms with Crippen molar-refractivity contribution in [2.45, 2.75) is 12.9 Å². The Hall–Kier alpha value is -1.83. The lowest BCUT2D eigenvalue weighted by molar-refractivity contribution is -0.274. The van der Waals surface area contributed by atoms with Crippen molar-refractivity contribution in [1.29, 1.82) is 0 Å². The predicted octanol–water partition coefficient (Wildman–Crippen LogP) is 3.17.